The molecule has 0 aliphatic heterocycles. The van der Waals surface area contributed by atoms with Gasteiger partial charge in [-0.3, -0.25) is 0 Å². The summed E-state index contributed by atoms with van der Waals surface area (Å²) in [4.78, 5) is 0. The summed E-state index contributed by atoms with van der Waals surface area (Å²) in [5.74, 6) is 0. The third kappa shape index (κ3) is 3.12. The van der Waals surface area contributed by atoms with Crippen LogP contribution in [-0.4, -0.2) is 6.67 Å². The van der Waals surface area contributed by atoms with Crippen LogP contribution in [0, 0.1) is 0 Å². The van der Waals surface area contributed by atoms with Crippen LogP contribution in [0.3, 0.4) is 0 Å². The first-order valence-corrected chi connectivity index (χ1v) is 4.67. The average Bonchev–Trinajstić information content (AvgIpc) is 2.24. The number of hydrogen-bond acceptors (Lipinski definition) is 1. The van der Waals surface area contributed by atoms with Crippen molar-refractivity contribution in [3.63, 3.8) is 0 Å². The van der Waals surface area contributed by atoms with E-state index in [1.165, 1.54) is 0 Å². The molecule has 1 nitrogen and oxygen atoms in total. The number of rotatable bonds is 2. The van der Waals surface area contributed by atoms with Crippen LogP contribution in [0.25, 0.3) is 0 Å². The number of halogens is 7. The summed E-state index contributed by atoms with van der Waals surface area (Å²) < 4.78 is 86.9. The summed E-state index contributed by atoms with van der Waals surface area (Å²) in [6.45, 7) is -1.38. The molecule has 0 saturated heterocycles. The number of benzene rings is 1. The SMILES string of the molecule is N[C@@H](CF)c1cc(C(F)(F)F)ccc1C(F)(F)F. The Bertz CT molecular complexity index is 421. The Labute approximate surface area is 97.4 Å². The van der Waals surface area contributed by atoms with Gasteiger partial charge in [0.15, 0.2) is 0 Å². The zero-order valence-electron chi connectivity index (χ0n) is 8.74. The van der Waals surface area contributed by atoms with Crippen LogP contribution in [0.15, 0.2) is 18.2 Å². The van der Waals surface area contributed by atoms with Crippen molar-refractivity contribution >= 4 is 0 Å². The van der Waals surface area contributed by atoms with Gasteiger partial charge in [0.1, 0.15) is 6.67 Å². The number of alkyl halides is 7. The van der Waals surface area contributed by atoms with E-state index in [4.69, 9.17) is 5.73 Å². The standard InChI is InChI=1S/C10H8F7N/c11-4-8(18)6-3-5(9(12,13)14)1-2-7(6)10(15,16)17/h1-3,8H,4,18H2/t8-/m0/s1. The van der Waals surface area contributed by atoms with E-state index in [0.29, 0.717) is 0 Å². The quantitative estimate of drug-likeness (QED) is 0.818. The average molecular weight is 275 g/mol. The first-order chi connectivity index (χ1) is 8.07. The minimum atomic E-state index is -4.88. The van der Waals surface area contributed by atoms with E-state index < -0.39 is 41.8 Å². The smallest absolute Gasteiger partial charge is 0.322 e. The molecule has 0 fully saturated rings. The fourth-order valence-electron chi connectivity index (χ4n) is 1.39. The van der Waals surface area contributed by atoms with Gasteiger partial charge < -0.3 is 5.73 Å². The van der Waals surface area contributed by atoms with Gasteiger partial charge in [-0.25, -0.2) is 4.39 Å². The molecule has 0 heterocycles. The lowest BCUT2D eigenvalue weighted by Gasteiger charge is -2.18. The zero-order chi connectivity index (χ0) is 14.1. The Hall–Kier alpha value is -1.31. The fourth-order valence-corrected chi connectivity index (χ4v) is 1.39. The lowest BCUT2D eigenvalue weighted by atomic mass is 9.98. The molecule has 0 amide bonds. The van der Waals surface area contributed by atoms with Crippen molar-refractivity contribution in [2.45, 2.75) is 18.4 Å². The van der Waals surface area contributed by atoms with Gasteiger partial charge in [0.25, 0.3) is 0 Å². The Kier molecular flexibility index (Phi) is 3.89. The Morgan fingerprint density at radius 3 is 1.94 bits per heavy atom. The van der Waals surface area contributed by atoms with E-state index >= 15 is 0 Å². The molecular formula is C10H8F7N. The van der Waals surface area contributed by atoms with E-state index in [-0.39, 0.29) is 18.2 Å². The molecule has 8 heteroatoms. The maximum atomic E-state index is 12.5. The largest absolute Gasteiger partial charge is 0.416 e. The van der Waals surface area contributed by atoms with Crippen molar-refractivity contribution in [2.75, 3.05) is 6.67 Å². The highest BCUT2D eigenvalue weighted by Crippen LogP contribution is 2.38. The summed E-state index contributed by atoms with van der Waals surface area (Å²) in [5.41, 5.74) is 1.50. The molecule has 1 atom stereocenters. The molecular weight excluding hydrogens is 267 g/mol. The minimum Gasteiger partial charge on any atom is -0.322 e. The highest BCUT2D eigenvalue weighted by Gasteiger charge is 2.38. The molecule has 0 aromatic heterocycles. The lowest BCUT2D eigenvalue weighted by Crippen LogP contribution is -2.20. The zero-order valence-corrected chi connectivity index (χ0v) is 8.74. The fraction of sp³-hybridized carbons (Fsp3) is 0.400. The van der Waals surface area contributed by atoms with Crippen LogP contribution in [0.2, 0.25) is 0 Å². The second kappa shape index (κ2) is 4.75. The molecule has 1 rings (SSSR count). The highest BCUT2D eigenvalue weighted by molar-refractivity contribution is 5.37. The molecule has 0 saturated carbocycles. The molecule has 1 aromatic rings. The van der Waals surface area contributed by atoms with Crippen molar-refractivity contribution in [3.8, 4) is 0 Å². The van der Waals surface area contributed by atoms with Crippen LogP contribution >= 0.6 is 0 Å². The van der Waals surface area contributed by atoms with Gasteiger partial charge in [-0.15, -0.1) is 0 Å². The van der Waals surface area contributed by atoms with Crippen LogP contribution in [0.5, 0.6) is 0 Å². The summed E-state index contributed by atoms with van der Waals surface area (Å²) in [7, 11) is 0. The van der Waals surface area contributed by atoms with Gasteiger partial charge in [-0.2, -0.15) is 26.3 Å². The monoisotopic (exact) mass is 275 g/mol. The van der Waals surface area contributed by atoms with E-state index in [9.17, 15) is 30.7 Å². The molecule has 18 heavy (non-hydrogen) atoms. The Balaban J connectivity index is 3.39. The maximum Gasteiger partial charge on any atom is 0.416 e. The molecule has 0 unspecified atom stereocenters. The summed E-state index contributed by atoms with van der Waals surface area (Å²) in [6.07, 6.45) is -9.69. The second-order valence-corrected chi connectivity index (χ2v) is 3.56. The molecule has 0 aliphatic rings. The van der Waals surface area contributed by atoms with Gasteiger partial charge in [0.2, 0.25) is 0 Å². The van der Waals surface area contributed by atoms with Crippen molar-refractivity contribution in [2.24, 2.45) is 5.73 Å². The molecule has 102 valence electrons. The predicted octanol–water partition coefficient (Wildman–Crippen LogP) is 3.69. The minimum absolute atomic E-state index is 0.229. The highest BCUT2D eigenvalue weighted by atomic mass is 19.4. The molecule has 0 radical (unpaired) electrons. The van der Waals surface area contributed by atoms with E-state index in [1.807, 2.05) is 0 Å². The Morgan fingerprint density at radius 2 is 1.56 bits per heavy atom. The molecule has 1 aromatic carbocycles. The van der Waals surface area contributed by atoms with Gasteiger partial charge in [0.05, 0.1) is 17.2 Å². The van der Waals surface area contributed by atoms with Gasteiger partial charge in [0, 0.05) is 0 Å². The van der Waals surface area contributed by atoms with E-state index in [0.717, 1.165) is 0 Å². The normalized spacial score (nSPS) is 14.7. The topological polar surface area (TPSA) is 26.0 Å². The third-order valence-electron chi connectivity index (χ3n) is 2.25. The predicted molar refractivity (Wildman–Crippen MR) is 49.3 cm³/mol. The van der Waals surface area contributed by atoms with Crippen molar-refractivity contribution in [3.05, 3.63) is 34.9 Å². The second-order valence-electron chi connectivity index (χ2n) is 3.56. The maximum absolute atomic E-state index is 12.5. The van der Waals surface area contributed by atoms with E-state index in [1.54, 1.807) is 0 Å². The first-order valence-electron chi connectivity index (χ1n) is 4.67. The molecule has 0 aliphatic carbocycles. The van der Waals surface area contributed by atoms with Crippen molar-refractivity contribution in [1.82, 2.24) is 0 Å². The summed E-state index contributed by atoms with van der Waals surface area (Å²) in [5, 5.41) is 0. The van der Waals surface area contributed by atoms with Crippen molar-refractivity contribution < 1.29 is 30.7 Å². The summed E-state index contributed by atoms with van der Waals surface area (Å²) >= 11 is 0. The van der Waals surface area contributed by atoms with Crippen LogP contribution in [-0.2, 0) is 12.4 Å². The van der Waals surface area contributed by atoms with Gasteiger partial charge >= 0.3 is 12.4 Å². The van der Waals surface area contributed by atoms with Crippen molar-refractivity contribution in [1.29, 1.82) is 0 Å². The number of hydrogen-bond donors (Lipinski definition) is 1. The van der Waals surface area contributed by atoms with E-state index in [2.05, 4.69) is 0 Å². The van der Waals surface area contributed by atoms with Gasteiger partial charge in [-0.05, 0) is 23.8 Å². The van der Waals surface area contributed by atoms with Crippen LogP contribution in [0.1, 0.15) is 22.7 Å². The number of nitrogens with two attached hydrogens (primary N) is 1. The first kappa shape index (κ1) is 14.7. The Morgan fingerprint density at radius 1 is 1.00 bits per heavy atom. The van der Waals surface area contributed by atoms with Crippen LogP contribution in [0.4, 0.5) is 30.7 Å². The van der Waals surface area contributed by atoms with Gasteiger partial charge in [-0.1, -0.05) is 0 Å². The summed E-state index contributed by atoms with van der Waals surface area (Å²) in [6, 6.07) is -0.971. The molecule has 0 bridgehead atoms. The lowest BCUT2D eigenvalue weighted by molar-refractivity contribution is -0.142. The third-order valence-corrected chi connectivity index (χ3v) is 2.25. The molecule has 0 spiro atoms. The molecule has 2 N–H and O–H groups in total. The van der Waals surface area contributed by atoms with Crippen LogP contribution < -0.4 is 5.73 Å².